The van der Waals surface area contributed by atoms with E-state index in [-0.39, 0.29) is 17.0 Å². The lowest BCUT2D eigenvalue weighted by atomic mass is 10.1. The van der Waals surface area contributed by atoms with Gasteiger partial charge in [-0.15, -0.1) is 10.2 Å². The Morgan fingerprint density at radius 2 is 1.77 bits per heavy atom. The van der Waals surface area contributed by atoms with E-state index in [0.717, 1.165) is 17.8 Å². The number of anilines is 1. The van der Waals surface area contributed by atoms with E-state index < -0.39 is 21.4 Å². The molecule has 3 rings (SSSR count). The lowest BCUT2D eigenvalue weighted by molar-refractivity contribution is -0.0500. The number of alkyl halides is 3. The molecule has 13 heteroatoms. The number of hydrogen-bond acceptors (Lipinski definition) is 7. The van der Waals surface area contributed by atoms with Gasteiger partial charge in [-0.05, 0) is 55.7 Å². The highest BCUT2D eigenvalue weighted by Gasteiger charge is 2.49. The summed E-state index contributed by atoms with van der Waals surface area (Å²) in [4.78, 5) is 14.7. The van der Waals surface area contributed by atoms with Gasteiger partial charge in [-0.2, -0.15) is 21.6 Å². The quantitative estimate of drug-likeness (QED) is 0.248. The molecule has 0 aliphatic rings. The van der Waals surface area contributed by atoms with Crippen molar-refractivity contribution in [2.24, 2.45) is 0 Å². The van der Waals surface area contributed by atoms with E-state index in [9.17, 15) is 26.4 Å². The summed E-state index contributed by atoms with van der Waals surface area (Å²) >= 11 is 7.32. The summed E-state index contributed by atoms with van der Waals surface area (Å²) in [5.41, 5.74) is -4.41. The van der Waals surface area contributed by atoms with Crippen molar-refractivity contribution in [3.63, 3.8) is 0 Å². The molecule has 0 radical (unpaired) electrons. The number of amides is 1. The number of unbranched alkanes of at least 4 members (excludes halogenated alkanes) is 1. The summed E-state index contributed by atoms with van der Waals surface area (Å²) in [6, 6.07) is 9.56. The molecule has 7 nitrogen and oxygen atoms in total. The van der Waals surface area contributed by atoms with Crippen molar-refractivity contribution in [3.8, 4) is 16.3 Å². The topological polar surface area (TPSA) is 89.5 Å². The van der Waals surface area contributed by atoms with Gasteiger partial charge in [0.1, 0.15) is 10.8 Å². The van der Waals surface area contributed by atoms with Gasteiger partial charge in [0.05, 0.1) is 10.6 Å². The number of hydrogen-bond donors (Lipinski definition) is 0. The number of halogens is 4. The van der Waals surface area contributed by atoms with Gasteiger partial charge < -0.3 is 4.18 Å². The molecule has 1 aromatic heterocycles. The third-order valence-corrected chi connectivity index (χ3v) is 7.19. The van der Waals surface area contributed by atoms with Gasteiger partial charge >= 0.3 is 15.6 Å². The van der Waals surface area contributed by atoms with E-state index in [1.807, 2.05) is 6.92 Å². The van der Waals surface area contributed by atoms with Crippen LogP contribution in [0.15, 0.2) is 36.4 Å². The van der Waals surface area contributed by atoms with E-state index >= 15 is 0 Å². The molecule has 0 saturated heterocycles. The summed E-state index contributed by atoms with van der Waals surface area (Å²) in [5.74, 6) is -0.741. The minimum Gasteiger partial charge on any atom is -0.375 e. The molecule has 0 aliphatic heterocycles. The van der Waals surface area contributed by atoms with Crippen molar-refractivity contribution in [3.05, 3.63) is 58.1 Å². The van der Waals surface area contributed by atoms with Crippen molar-refractivity contribution in [2.45, 2.75) is 39.1 Å². The van der Waals surface area contributed by atoms with Crippen LogP contribution in [0.1, 0.15) is 41.3 Å². The van der Waals surface area contributed by atoms with Gasteiger partial charge in [-0.3, -0.25) is 9.69 Å². The molecular formula is C22H21ClF3N3O4S2. The maximum atomic E-state index is 13.2. The molecule has 0 aliphatic carbocycles. The molecule has 35 heavy (non-hydrogen) atoms. The molecule has 1 heterocycles. The second-order valence-corrected chi connectivity index (χ2v) is 10.5. The van der Waals surface area contributed by atoms with Gasteiger partial charge in [0.25, 0.3) is 5.91 Å². The molecule has 1 amide bonds. The first-order valence-electron chi connectivity index (χ1n) is 10.4. The van der Waals surface area contributed by atoms with Crippen LogP contribution in [0.5, 0.6) is 5.75 Å². The molecule has 0 N–H and O–H groups in total. The predicted molar refractivity (Wildman–Crippen MR) is 128 cm³/mol. The largest absolute Gasteiger partial charge is 0.534 e. The summed E-state index contributed by atoms with van der Waals surface area (Å²) in [6.07, 6.45) is 1.54. The first-order chi connectivity index (χ1) is 16.4. The molecule has 0 bridgehead atoms. The SMILES string of the molecule is CCCCN(C(=O)c1ccccc1Cl)c1nnc(-c2cc(C)c(OS(=O)(=O)C(F)(F)F)c(C)c2)s1. The van der Waals surface area contributed by atoms with E-state index in [4.69, 9.17) is 11.6 Å². The highest BCUT2D eigenvalue weighted by atomic mass is 35.5. The Morgan fingerprint density at radius 3 is 2.34 bits per heavy atom. The van der Waals surface area contributed by atoms with Crippen LogP contribution in [0.2, 0.25) is 5.02 Å². The Bertz CT molecular complexity index is 1320. The number of benzene rings is 2. The fourth-order valence-corrected chi connectivity index (χ4v) is 4.83. The third kappa shape index (κ3) is 5.93. The molecule has 3 aromatic rings. The van der Waals surface area contributed by atoms with Crippen LogP contribution in [0, 0.1) is 13.8 Å². The van der Waals surface area contributed by atoms with Crippen molar-refractivity contribution < 1.29 is 30.6 Å². The zero-order chi connectivity index (χ0) is 26.0. The van der Waals surface area contributed by atoms with Crippen LogP contribution >= 0.6 is 22.9 Å². The summed E-state index contributed by atoms with van der Waals surface area (Å²) in [7, 11) is -5.81. The normalized spacial score (nSPS) is 12.0. The number of carbonyl (C=O) groups is 1. The maximum Gasteiger partial charge on any atom is 0.534 e. The fourth-order valence-electron chi connectivity index (χ4n) is 3.18. The van der Waals surface area contributed by atoms with Crippen molar-refractivity contribution in [1.82, 2.24) is 10.2 Å². The van der Waals surface area contributed by atoms with E-state index in [1.165, 1.54) is 30.9 Å². The number of aromatic nitrogens is 2. The molecule has 188 valence electrons. The zero-order valence-corrected chi connectivity index (χ0v) is 21.3. The highest BCUT2D eigenvalue weighted by molar-refractivity contribution is 7.88. The second kappa shape index (κ2) is 10.5. The predicted octanol–water partition coefficient (Wildman–Crippen LogP) is 6.15. The Kier molecular flexibility index (Phi) is 8.07. The van der Waals surface area contributed by atoms with Crippen LogP contribution in [0.4, 0.5) is 18.3 Å². The molecule has 0 fully saturated rings. The lowest BCUT2D eigenvalue weighted by Gasteiger charge is -2.19. The molecule has 2 aromatic carbocycles. The monoisotopic (exact) mass is 547 g/mol. The molecule has 0 spiro atoms. The summed E-state index contributed by atoms with van der Waals surface area (Å²) in [5, 5.41) is 9.32. The summed E-state index contributed by atoms with van der Waals surface area (Å²) < 4.78 is 65.4. The Balaban J connectivity index is 1.95. The van der Waals surface area contributed by atoms with E-state index in [2.05, 4.69) is 14.4 Å². The first kappa shape index (κ1) is 26.9. The molecular weight excluding hydrogens is 527 g/mol. The van der Waals surface area contributed by atoms with Gasteiger partial charge in [0, 0.05) is 12.1 Å². The van der Waals surface area contributed by atoms with Crippen molar-refractivity contribution in [1.29, 1.82) is 0 Å². The van der Waals surface area contributed by atoms with Crippen LogP contribution in [0.3, 0.4) is 0 Å². The number of carbonyl (C=O) groups excluding carboxylic acids is 1. The smallest absolute Gasteiger partial charge is 0.375 e. The molecule has 0 unspecified atom stereocenters. The minimum absolute atomic E-state index is 0.166. The Hall–Kier alpha value is -2.70. The lowest BCUT2D eigenvalue weighted by Crippen LogP contribution is -2.32. The Labute approximate surface area is 209 Å². The fraction of sp³-hybridized carbons (Fsp3) is 0.318. The average Bonchev–Trinajstić information content (AvgIpc) is 3.26. The summed E-state index contributed by atoms with van der Waals surface area (Å²) in [6.45, 7) is 5.22. The van der Waals surface area contributed by atoms with E-state index in [0.29, 0.717) is 39.3 Å². The zero-order valence-electron chi connectivity index (χ0n) is 18.9. The highest BCUT2D eigenvalue weighted by Crippen LogP contribution is 2.36. The number of nitrogens with zero attached hydrogens (tertiary/aromatic N) is 3. The van der Waals surface area contributed by atoms with Gasteiger partial charge in [0.15, 0.2) is 0 Å². The second-order valence-electron chi connectivity index (χ2n) is 7.60. The molecule has 0 saturated carbocycles. The van der Waals surface area contributed by atoms with Gasteiger partial charge in [-0.1, -0.05) is 48.4 Å². The first-order valence-corrected chi connectivity index (χ1v) is 13.0. The van der Waals surface area contributed by atoms with Crippen LogP contribution in [-0.4, -0.2) is 36.6 Å². The molecule has 0 atom stereocenters. The van der Waals surface area contributed by atoms with Gasteiger partial charge in [0.2, 0.25) is 5.13 Å². The number of aryl methyl sites for hydroxylation is 2. The minimum atomic E-state index is -5.81. The van der Waals surface area contributed by atoms with E-state index in [1.54, 1.807) is 24.3 Å². The maximum absolute atomic E-state index is 13.2. The van der Waals surface area contributed by atoms with Crippen LogP contribution in [-0.2, 0) is 10.1 Å². The van der Waals surface area contributed by atoms with Crippen LogP contribution < -0.4 is 9.08 Å². The average molecular weight is 548 g/mol. The third-order valence-electron chi connectivity index (χ3n) is 4.91. The van der Waals surface area contributed by atoms with Crippen molar-refractivity contribution in [2.75, 3.05) is 11.4 Å². The van der Waals surface area contributed by atoms with Gasteiger partial charge in [-0.25, -0.2) is 0 Å². The van der Waals surface area contributed by atoms with Crippen LogP contribution in [0.25, 0.3) is 10.6 Å². The van der Waals surface area contributed by atoms with Crippen molar-refractivity contribution >= 4 is 44.1 Å². The standard InChI is InChI=1S/C22H21ClF3N3O4S2/c1-4-5-10-29(20(30)16-8-6-7-9-17(16)23)21-28-27-19(34-21)15-11-13(2)18(14(3)12-15)33-35(31,32)22(24,25)26/h6-9,11-12H,4-5,10H2,1-3H3. The number of rotatable bonds is 8. The Morgan fingerprint density at radius 1 is 1.14 bits per heavy atom.